The number of nitrogens with one attached hydrogen (secondary N) is 3. The number of ketones is 3. The van der Waals surface area contributed by atoms with Crippen LogP contribution in [-0.4, -0.2) is 91.0 Å². The first-order valence-electron chi connectivity index (χ1n) is 20.5. The molecule has 0 fully saturated rings. The van der Waals surface area contributed by atoms with Gasteiger partial charge in [0.2, 0.25) is 0 Å². The van der Waals surface area contributed by atoms with Crippen LogP contribution in [0.3, 0.4) is 0 Å². The van der Waals surface area contributed by atoms with Crippen LogP contribution in [0, 0.1) is 0 Å². The van der Waals surface area contributed by atoms with E-state index in [1.807, 2.05) is 0 Å². The molecule has 0 aromatic heterocycles. The van der Waals surface area contributed by atoms with Gasteiger partial charge in [-0.3, -0.25) is 28.8 Å². The summed E-state index contributed by atoms with van der Waals surface area (Å²) in [6.07, 6.45) is 3.34. The van der Waals surface area contributed by atoms with Gasteiger partial charge in [0.05, 0.1) is 19.6 Å². The average molecular weight is 882 g/mol. The quantitative estimate of drug-likeness (QED) is 0.0276. The summed E-state index contributed by atoms with van der Waals surface area (Å²) >= 11 is 0. The summed E-state index contributed by atoms with van der Waals surface area (Å²) in [4.78, 5) is 78.4. The number of anilines is 3. The molecule has 21 N–H and O–H groups in total. The predicted molar refractivity (Wildman–Crippen MR) is 245 cm³/mol. The number of nitrogens with two attached hydrogens (primary N) is 9. The molecule has 0 unspecified atom stereocenters. The Labute approximate surface area is 368 Å². The molecule has 0 bridgehead atoms. The number of halogens is 1. The summed E-state index contributed by atoms with van der Waals surface area (Å²) in [6, 6.07) is 20.9. The molecule has 0 aliphatic rings. The van der Waals surface area contributed by atoms with Crippen LogP contribution in [-0.2, 0) is 28.8 Å². The first-order chi connectivity index (χ1) is 29.1. The molecular formula is C43H65ClN12O6. The number of hydrogen-bond donors (Lipinski definition) is 12. The molecule has 19 heteroatoms. The van der Waals surface area contributed by atoms with Crippen LogP contribution in [0.15, 0.2) is 72.8 Å². The lowest BCUT2D eigenvalue weighted by Crippen LogP contribution is -2.59. The highest BCUT2D eigenvalue weighted by Crippen LogP contribution is 2.34. The Hall–Kier alpha value is -4.99. The van der Waals surface area contributed by atoms with Gasteiger partial charge >= 0.3 is 0 Å². The normalized spacial score (nSPS) is 14.0. The van der Waals surface area contributed by atoms with Crippen LogP contribution in [0.25, 0.3) is 0 Å². The zero-order valence-corrected chi connectivity index (χ0v) is 36.0. The lowest BCUT2D eigenvalue weighted by atomic mass is 9.84. The van der Waals surface area contributed by atoms with Gasteiger partial charge in [0.15, 0.2) is 34.0 Å². The summed E-state index contributed by atoms with van der Waals surface area (Å²) < 4.78 is 0. The zero-order valence-electron chi connectivity index (χ0n) is 35.2. The number of Topliss-reactive ketones (excluding diaryl/α,β-unsaturated/α-hetero) is 3. The van der Waals surface area contributed by atoms with Crippen LogP contribution in [0.5, 0.6) is 0 Å². The molecule has 3 aromatic carbocycles. The number of carbonyl (C=O) groups excluding carboxylic acids is 6. The van der Waals surface area contributed by atoms with Gasteiger partial charge < -0.3 is 67.6 Å². The topological polar surface area (TPSA) is 373 Å². The van der Waals surface area contributed by atoms with Gasteiger partial charge in [0.1, 0.15) is 0 Å². The second kappa shape index (κ2) is 25.2. The Balaban J connectivity index is 0.0000132. The molecule has 0 aliphatic carbocycles. The minimum atomic E-state index is -1.84. The van der Waals surface area contributed by atoms with E-state index in [1.54, 1.807) is 72.8 Å². The Bertz CT molecular complexity index is 1730. The van der Waals surface area contributed by atoms with Crippen molar-refractivity contribution in [3.63, 3.8) is 0 Å². The summed E-state index contributed by atoms with van der Waals surface area (Å²) in [7, 11) is 0. The molecule has 0 radical (unpaired) electrons. The van der Waals surface area contributed by atoms with Crippen LogP contribution in [0.4, 0.5) is 17.1 Å². The number of hydrogen-bond acceptors (Lipinski definition) is 15. The molecule has 18 nitrogen and oxygen atoms in total. The molecule has 0 saturated carbocycles. The number of amides is 3. The van der Waals surface area contributed by atoms with Crippen LogP contribution in [0.2, 0.25) is 0 Å². The fourth-order valence-corrected chi connectivity index (χ4v) is 6.91. The first-order valence-corrected chi connectivity index (χ1v) is 20.5. The van der Waals surface area contributed by atoms with E-state index in [0.29, 0.717) is 75.2 Å². The van der Waals surface area contributed by atoms with Crippen molar-refractivity contribution in [2.45, 2.75) is 80.3 Å². The van der Waals surface area contributed by atoms with Gasteiger partial charge in [-0.05, 0) is 131 Å². The van der Waals surface area contributed by atoms with Crippen LogP contribution >= 0.6 is 12.4 Å². The van der Waals surface area contributed by atoms with Crippen molar-refractivity contribution in [1.29, 1.82) is 0 Å². The standard InChI is InChI=1S/C43H64N12O6.ClH/c44-22-4-1-19-41(50,34(56)25-47)38(59)53-31-13-7-28(8-14-31)37(29-9-15-32(16-10-29)54-39(60)42(51,35(57)26-48)20-2-5-23-45)30-11-17-33(18-12-30)55-40(61)43(52,36(58)27-49)21-3-6-24-46;/h7-18,37H,1-6,19-27,44-52H2,(H,53,59)(H,54,60)(H,55,61);1H/t41-,42-,43-;/m0./s1. The Kier molecular flexibility index (Phi) is 21.6. The maximum absolute atomic E-state index is 13.4. The minimum absolute atomic E-state index is 0. The highest BCUT2D eigenvalue weighted by atomic mass is 35.5. The van der Waals surface area contributed by atoms with Gasteiger partial charge in [-0.25, -0.2) is 0 Å². The molecule has 62 heavy (non-hydrogen) atoms. The third-order valence-corrected chi connectivity index (χ3v) is 10.8. The number of benzene rings is 3. The summed E-state index contributed by atoms with van der Waals surface area (Å²) in [6.45, 7) is -0.0683. The number of rotatable bonds is 27. The lowest BCUT2D eigenvalue weighted by molar-refractivity contribution is -0.134. The van der Waals surface area contributed by atoms with Gasteiger partial charge in [0, 0.05) is 23.0 Å². The fourth-order valence-electron chi connectivity index (χ4n) is 6.91. The van der Waals surface area contributed by atoms with Gasteiger partial charge in [-0.2, -0.15) is 0 Å². The summed E-state index contributed by atoms with van der Waals surface area (Å²) in [5, 5.41) is 8.26. The van der Waals surface area contributed by atoms with Gasteiger partial charge in [-0.15, -0.1) is 12.4 Å². The number of carbonyl (C=O) groups is 6. The Morgan fingerprint density at radius 3 is 0.823 bits per heavy atom. The largest absolute Gasteiger partial charge is 0.330 e. The second-order valence-electron chi connectivity index (χ2n) is 15.2. The molecule has 3 rings (SSSR count). The zero-order chi connectivity index (χ0) is 45.2. The molecule has 3 atom stereocenters. The second-order valence-corrected chi connectivity index (χ2v) is 15.2. The number of unbranched alkanes of at least 4 members (excludes halogenated alkanes) is 3. The maximum atomic E-state index is 13.4. The van der Waals surface area contributed by atoms with E-state index < -0.39 is 77.2 Å². The predicted octanol–water partition coefficient (Wildman–Crippen LogP) is 0.167. The van der Waals surface area contributed by atoms with E-state index in [0.717, 1.165) is 16.7 Å². The summed E-state index contributed by atoms with van der Waals surface area (Å²) in [5.41, 5.74) is 50.6. The molecule has 3 aromatic rings. The van der Waals surface area contributed by atoms with Crippen molar-refractivity contribution in [3.8, 4) is 0 Å². The minimum Gasteiger partial charge on any atom is -0.330 e. The third kappa shape index (κ3) is 13.5. The monoisotopic (exact) mass is 880 g/mol. The molecule has 0 saturated heterocycles. The Morgan fingerprint density at radius 1 is 0.403 bits per heavy atom. The highest BCUT2D eigenvalue weighted by Gasteiger charge is 2.42. The van der Waals surface area contributed by atoms with E-state index in [9.17, 15) is 28.8 Å². The van der Waals surface area contributed by atoms with Crippen molar-refractivity contribution in [3.05, 3.63) is 89.5 Å². The van der Waals surface area contributed by atoms with Crippen LogP contribution < -0.4 is 67.6 Å². The molecule has 3 amide bonds. The van der Waals surface area contributed by atoms with Crippen molar-refractivity contribution in [1.82, 2.24) is 0 Å². The third-order valence-electron chi connectivity index (χ3n) is 10.8. The summed E-state index contributed by atoms with van der Waals surface area (Å²) in [5.74, 6) is -4.31. The average Bonchev–Trinajstić information content (AvgIpc) is 3.27. The van der Waals surface area contributed by atoms with E-state index in [1.165, 1.54) is 0 Å². The molecule has 340 valence electrons. The smallest absolute Gasteiger partial charge is 0.252 e. The van der Waals surface area contributed by atoms with Crippen molar-refractivity contribution < 1.29 is 28.8 Å². The maximum Gasteiger partial charge on any atom is 0.252 e. The van der Waals surface area contributed by atoms with E-state index in [-0.39, 0.29) is 31.7 Å². The van der Waals surface area contributed by atoms with E-state index >= 15 is 0 Å². The first kappa shape index (κ1) is 53.1. The van der Waals surface area contributed by atoms with Gasteiger partial charge in [-0.1, -0.05) is 36.4 Å². The van der Waals surface area contributed by atoms with Crippen LogP contribution in [0.1, 0.15) is 80.4 Å². The van der Waals surface area contributed by atoms with Gasteiger partial charge in [0.25, 0.3) is 17.7 Å². The molecule has 0 heterocycles. The highest BCUT2D eigenvalue weighted by molar-refractivity contribution is 6.17. The molecule has 0 spiro atoms. The fraction of sp³-hybridized carbons (Fsp3) is 0.442. The lowest BCUT2D eigenvalue weighted by Gasteiger charge is -2.27. The SMILES string of the molecule is Cl.NCCCC[C@](N)(C(=O)CN)C(=O)Nc1ccc(C(c2ccc(NC(=O)[C@](N)(CCCCN)C(=O)CN)cc2)c2ccc(NC(=O)[C@](N)(CCCCN)C(=O)CN)cc2)cc1. The van der Waals surface area contributed by atoms with Crippen molar-refractivity contribution >= 4 is 64.5 Å². The molecule has 0 aliphatic heterocycles. The van der Waals surface area contributed by atoms with E-state index in [2.05, 4.69) is 16.0 Å². The van der Waals surface area contributed by atoms with Crippen molar-refractivity contribution in [2.24, 2.45) is 51.6 Å². The molecular weight excluding hydrogens is 816 g/mol. The van der Waals surface area contributed by atoms with Crippen molar-refractivity contribution in [2.75, 3.05) is 55.2 Å². The van der Waals surface area contributed by atoms with E-state index in [4.69, 9.17) is 51.6 Å². The Morgan fingerprint density at radius 2 is 0.629 bits per heavy atom.